The fourth-order valence-electron chi connectivity index (χ4n) is 1.90. The summed E-state index contributed by atoms with van der Waals surface area (Å²) in [6, 6.07) is 4.05. The highest BCUT2D eigenvalue weighted by molar-refractivity contribution is 7.88. The third kappa shape index (κ3) is 3.78. The van der Waals surface area contributed by atoms with Crippen molar-refractivity contribution in [2.24, 2.45) is 0 Å². The van der Waals surface area contributed by atoms with E-state index in [-0.39, 0.29) is 6.54 Å². The molecule has 2 aromatic rings. The fourth-order valence-corrected chi connectivity index (χ4v) is 3.31. The van der Waals surface area contributed by atoms with Gasteiger partial charge < -0.3 is 5.32 Å². The molecule has 1 heterocycles. The first-order valence-corrected chi connectivity index (χ1v) is 8.92. The van der Waals surface area contributed by atoms with Crippen LogP contribution in [0.3, 0.4) is 0 Å². The molecule has 0 saturated carbocycles. The minimum atomic E-state index is -3.37. The largest absolute Gasteiger partial charge is 0.301 e. The van der Waals surface area contributed by atoms with Crippen LogP contribution in [0.15, 0.2) is 12.1 Å². The van der Waals surface area contributed by atoms with Gasteiger partial charge >= 0.3 is 0 Å². The zero-order valence-electron chi connectivity index (χ0n) is 12.3. The maximum absolute atomic E-state index is 11.8. The van der Waals surface area contributed by atoms with E-state index in [9.17, 15) is 13.2 Å². The summed E-state index contributed by atoms with van der Waals surface area (Å²) in [6.45, 7) is 3.75. The predicted octanol–water partition coefficient (Wildman–Crippen LogP) is 1.74. The summed E-state index contributed by atoms with van der Waals surface area (Å²) >= 11 is 1.38. The maximum atomic E-state index is 11.8. The number of nitrogens with zero attached hydrogens (tertiary/aromatic N) is 2. The Morgan fingerprint density at radius 1 is 1.38 bits per heavy atom. The number of likely N-dealkylation sites (N-methyl/N-ethyl adjacent to an activating group) is 1. The van der Waals surface area contributed by atoms with E-state index >= 15 is 0 Å². The number of fused-ring (bicyclic) bond motifs is 1. The number of thiazole rings is 1. The highest BCUT2D eigenvalue weighted by Gasteiger charge is 2.16. The van der Waals surface area contributed by atoms with Gasteiger partial charge in [-0.1, -0.05) is 17.4 Å². The number of sulfonamides is 1. The molecular weight excluding hydrogens is 310 g/mol. The van der Waals surface area contributed by atoms with Crippen molar-refractivity contribution in [2.75, 3.05) is 25.2 Å². The average Bonchev–Trinajstić information content (AvgIpc) is 2.69. The van der Waals surface area contributed by atoms with Crippen LogP contribution in [0.5, 0.6) is 0 Å². The van der Waals surface area contributed by atoms with E-state index in [1.165, 1.54) is 18.4 Å². The molecule has 0 fully saturated rings. The van der Waals surface area contributed by atoms with Crippen molar-refractivity contribution in [3.63, 3.8) is 0 Å². The zero-order valence-corrected chi connectivity index (χ0v) is 13.9. The van der Waals surface area contributed by atoms with Gasteiger partial charge in [0.1, 0.15) is 0 Å². The Morgan fingerprint density at radius 2 is 2.05 bits per heavy atom. The number of aromatic nitrogens is 1. The molecule has 0 bridgehead atoms. The highest BCUT2D eigenvalue weighted by Crippen LogP contribution is 2.29. The lowest BCUT2D eigenvalue weighted by molar-refractivity contribution is -0.116. The zero-order chi connectivity index (χ0) is 15.8. The third-order valence-electron chi connectivity index (χ3n) is 3.01. The third-order valence-corrected chi connectivity index (χ3v) is 5.19. The van der Waals surface area contributed by atoms with Crippen molar-refractivity contribution in [2.45, 2.75) is 13.8 Å². The van der Waals surface area contributed by atoms with Gasteiger partial charge in [-0.25, -0.2) is 13.4 Å². The van der Waals surface area contributed by atoms with Crippen LogP contribution in [-0.2, 0) is 14.8 Å². The van der Waals surface area contributed by atoms with Crippen molar-refractivity contribution in [3.8, 4) is 0 Å². The first-order chi connectivity index (χ1) is 9.66. The quantitative estimate of drug-likeness (QED) is 0.928. The second-order valence-electron chi connectivity index (χ2n) is 5.01. The van der Waals surface area contributed by atoms with Crippen molar-refractivity contribution < 1.29 is 13.2 Å². The lowest BCUT2D eigenvalue weighted by atomic mass is 10.1. The molecule has 0 unspecified atom stereocenters. The van der Waals surface area contributed by atoms with Gasteiger partial charge in [-0.2, -0.15) is 4.31 Å². The van der Waals surface area contributed by atoms with Crippen molar-refractivity contribution >= 4 is 42.6 Å². The molecule has 1 amide bonds. The lowest BCUT2D eigenvalue weighted by Crippen LogP contribution is -2.34. The fraction of sp³-hybridized carbons (Fsp3) is 0.385. The van der Waals surface area contributed by atoms with Crippen molar-refractivity contribution in [1.29, 1.82) is 0 Å². The van der Waals surface area contributed by atoms with Crippen LogP contribution in [-0.4, -0.2) is 43.5 Å². The number of benzene rings is 1. The second-order valence-corrected chi connectivity index (χ2v) is 8.13. The molecule has 1 N–H and O–H groups in total. The van der Waals surface area contributed by atoms with E-state index in [1.807, 2.05) is 26.0 Å². The van der Waals surface area contributed by atoms with E-state index in [0.29, 0.717) is 5.13 Å². The van der Waals surface area contributed by atoms with Crippen LogP contribution in [0.4, 0.5) is 5.13 Å². The van der Waals surface area contributed by atoms with E-state index in [4.69, 9.17) is 0 Å². The van der Waals surface area contributed by atoms with Gasteiger partial charge in [0.05, 0.1) is 23.0 Å². The molecule has 2 rings (SSSR count). The second kappa shape index (κ2) is 5.70. The Labute approximate surface area is 127 Å². The van der Waals surface area contributed by atoms with Gasteiger partial charge in [-0.3, -0.25) is 4.79 Å². The summed E-state index contributed by atoms with van der Waals surface area (Å²) in [6.07, 6.45) is 1.06. The molecule has 21 heavy (non-hydrogen) atoms. The lowest BCUT2D eigenvalue weighted by Gasteiger charge is -2.12. The first-order valence-electron chi connectivity index (χ1n) is 6.26. The minimum absolute atomic E-state index is 0.229. The number of hydrogen-bond donors (Lipinski definition) is 1. The summed E-state index contributed by atoms with van der Waals surface area (Å²) in [5.74, 6) is -0.406. The smallest absolute Gasteiger partial charge is 0.241 e. The van der Waals surface area contributed by atoms with E-state index in [1.54, 1.807) is 0 Å². The molecular formula is C13H17N3O3S2. The standard InChI is InChI=1S/C13H17N3O3S2/c1-8-5-9(2)12-10(6-8)20-13(15-12)14-11(17)7-16(3)21(4,18)19/h5-6H,7H2,1-4H3,(H,14,15,17). The summed E-state index contributed by atoms with van der Waals surface area (Å²) in [5.41, 5.74) is 3.05. The van der Waals surface area contributed by atoms with Crippen LogP contribution in [0.2, 0.25) is 0 Å². The number of anilines is 1. The molecule has 0 spiro atoms. The van der Waals surface area contributed by atoms with E-state index in [0.717, 1.165) is 31.9 Å². The van der Waals surface area contributed by atoms with Gasteiger partial charge in [0.2, 0.25) is 15.9 Å². The van der Waals surface area contributed by atoms with E-state index in [2.05, 4.69) is 10.3 Å². The molecule has 114 valence electrons. The number of aryl methyl sites for hydroxylation is 2. The van der Waals surface area contributed by atoms with E-state index < -0.39 is 15.9 Å². The Balaban J connectivity index is 2.17. The monoisotopic (exact) mass is 327 g/mol. The van der Waals surface area contributed by atoms with Crippen LogP contribution in [0.1, 0.15) is 11.1 Å². The number of amides is 1. The highest BCUT2D eigenvalue weighted by atomic mass is 32.2. The average molecular weight is 327 g/mol. The summed E-state index contributed by atoms with van der Waals surface area (Å²) in [7, 11) is -2.01. The maximum Gasteiger partial charge on any atom is 0.241 e. The Morgan fingerprint density at radius 3 is 2.67 bits per heavy atom. The topological polar surface area (TPSA) is 79.4 Å². The van der Waals surface area contributed by atoms with Crippen LogP contribution < -0.4 is 5.32 Å². The van der Waals surface area contributed by atoms with Crippen LogP contribution >= 0.6 is 11.3 Å². The Kier molecular flexibility index (Phi) is 4.31. The first kappa shape index (κ1) is 15.9. The molecule has 8 heteroatoms. The summed E-state index contributed by atoms with van der Waals surface area (Å²) in [5, 5.41) is 3.12. The summed E-state index contributed by atoms with van der Waals surface area (Å²) in [4.78, 5) is 16.2. The van der Waals surface area contributed by atoms with Crippen molar-refractivity contribution in [1.82, 2.24) is 9.29 Å². The Bertz CT molecular complexity index is 796. The molecule has 0 aliphatic rings. The molecule has 0 saturated heterocycles. The minimum Gasteiger partial charge on any atom is -0.301 e. The van der Waals surface area contributed by atoms with Gasteiger partial charge in [0.25, 0.3) is 0 Å². The van der Waals surface area contributed by atoms with Crippen molar-refractivity contribution in [3.05, 3.63) is 23.3 Å². The molecule has 0 aliphatic heterocycles. The molecule has 0 aliphatic carbocycles. The number of nitrogens with one attached hydrogen (secondary N) is 1. The Hall–Kier alpha value is -1.51. The van der Waals surface area contributed by atoms with Gasteiger partial charge in [-0.15, -0.1) is 0 Å². The molecule has 0 radical (unpaired) electrons. The van der Waals surface area contributed by atoms with Gasteiger partial charge in [0.15, 0.2) is 5.13 Å². The van der Waals surface area contributed by atoms with Gasteiger partial charge in [-0.05, 0) is 31.0 Å². The molecule has 1 aromatic carbocycles. The molecule has 1 aromatic heterocycles. The van der Waals surface area contributed by atoms with Gasteiger partial charge in [0, 0.05) is 7.05 Å². The number of rotatable bonds is 4. The number of hydrogen-bond acceptors (Lipinski definition) is 5. The number of carbonyl (C=O) groups is 1. The SMILES string of the molecule is Cc1cc(C)c2nc(NC(=O)CN(C)S(C)(=O)=O)sc2c1. The molecule has 0 atom stereocenters. The normalized spacial score (nSPS) is 12.0. The van der Waals surface area contributed by atoms with Crippen LogP contribution in [0.25, 0.3) is 10.2 Å². The summed E-state index contributed by atoms with van der Waals surface area (Å²) < 4.78 is 24.5. The number of carbonyl (C=O) groups excluding carboxylic acids is 1. The molecule has 6 nitrogen and oxygen atoms in total. The van der Waals surface area contributed by atoms with Crippen LogP contribution in [0, 0.1) is 13.8 Å². The predicted molar refractivity (Wildman–Crippen MR) is 85.2 cm³/mol.